The lowest BCUT2D eigenvalue weighted by Gasteiger charge is -2.27. The first kappa shape index (κ1) is 13.8. The summed E-state index contributed by atoms with van der Waals surface area (Å²) in [6.45, 7) is 0.0891. The van der Waals surface area contributed by atoms with Crippen LogP contribution in [0.25, 0.3) is 0 Å². The molecular weight excluding hydrogens is 362 g/mol. The van der Waals surface area contributed by atoms with Crippen molar-refractivity contribution in [3.63, 3.8) is 0 Å². The number of carbonyl (C=O) groups is 1. The van der Waals surface area contributed by atoms with Crippen LogP contribution < -0.4 is 0 Å². The van der Waals surface area contributed by atoms with E-state index in [1.165, 1.54) is 11.3 Å². The zero-order chi connectivity index (χ0) is 14.3. The molecule has 2 heterocycles. The first-order chi connectivity index (χ1) is 9.47. The second kappa shape index (κ2) is 4.98. The van der Waals surface area contributed by atoms with E-state index in [4.69, 9.17) is 0 Å². The van der Waals surface area contributed by atoms with E-state index in [1.54, 1.807) is 24.3 Å². The Balaban J connectivity index is 2.00. The van der Waals surface area contributed by atoms with Crippen LogP contribution in [0.3, 0.4) is 0 Å². The minimum absolute atomic E-state index is 0.0891. The van der Waals surface area contributed by atoms with Gasteiger partial charge in [0.05, 0.1) is 16.1 Å². The maximum atomic E-state index is 12.4. The monoisotopic (exact) mass is 371 g/mol. The van der Waals surface area contributed by atoms with Crippen molar-refractivity contribution in [3.8, 4) is 0 Å². The number of amides is 1. The summed E-state index contributed by atoms with van der Waals surface area (Å²) in [5.41, 5.74) is 1.04. The van der Waals surface area contributed by atoms with Crippen LogP contribution >= 0.6 is 27.3 Å². The van der Waals surface area contributed by atoms with E-state index in [0.717, 1.165) is 13.0 Å². The third kappa shape index (κ3) is 2.41. The average molecular weight is 372 g/mol. The molecule has 1 aliphatic heterocycles. The summed E-state index contributed by atoms with van der Waals surface area (Å²) in [4.78, 5) is 13.2. The van der Waals surface area contributed by atoms with Gasteiger partial charge in [-0.2, -0.15) is 0 Å². The maximum absolute atomic E-state index is 12.4. The minimum atomic E-state index is -3.60. The molecule has 1 aromatic heterocycles. The Kier molecular flexibility index (Phi) is 3.43. The first-order valence-electron chi connectivity index (χ1n) is 5.84. The molecule has 0 N–H and O–H groups in total. The van der Waals surface area contributed by atoms with Crippen LogP contribution in [0.1, 0.15) is 20.8 Å². The van der Waals surface area contributed by atoms with Crippen LogP contribution in [0.5, 0.6) is 0 Å². The van der Waals surface area contributed by atoms with E-state index >= 15 is 0 Å². The molecule has 7 heteroatoms. The number of hydrogen-bond donors (Lipinski definition) is 0. The van der Waals surface area contributed by atoms with Crippen molar-refractivity contribution < 1.29 is 13.2 Å². The minimum Gasteiger partial charge on any atom is -0.268 e. The lowest BCUT2D eigenvalue weighted by Crippen LogP contribution is -2.41. The lowest BCUT2D eigenvalue weighted by molar-refractivity contribution is 0.0850. The average Bonchev–Trinajstić information content (AvgIpc) is 2.80. The number of thiophene rings is 1. The van der Waals surface area contributed by atoms with Crippen molar-refractivity contribution in [1.29, 1.82) is 0 Å². The second-order valence-electron chi connectivity index (χ2n) is 4.43. The molecule has 0 bridgehead atoms. The predicted octanol–water partition coefficient (Wildman–Crippen LogP) is 3.00. The largest absolute Gasteiger partial charge is 0.268 e. The van der Waals surface area contributed by atoms with Gasteiger partial charge in [0.2, 0.25) is 10.0 Å². The fourth-order valence-electron chi connectivity index (χ4n) is 2.14. The van der Waals surface area contributed by atoms with Gasteiger partial charge in [-0.1, -0.05) is 18.2 Å². The topological polar surface area (TPSA) is 54.5 Å². The zero-order valence-corrected chi connectivity index (χ0v) is 13.5. The molecule has 0 saturated carbocycles. The number of halogens is 1. The molecule has 3 rings (SSSR count). The normalized spacial score (nSPS) is 17.1. The van der Waals surface area contributed by atoms with Gasteiger partial charge < -0.3 is 0 Å². The molecule has 0 aliphatic carbocycles. The lowest BCUT2D eigenvalue weighted by atomic mass is 10.1. The molecule has 1 aromatic carbocycles. The second-order valence-corrected chi connectivity index (χ2v) is 8.87. The summed E-state index contributed by atoms with van der Waals surface area (Å²) >= 11 is 4.76. The number of hydrogen-bond acceptors (Lipinski definition) is 4. The van der Waals surface area contributed by atoms with Gasteiger partial charge in [0, 0.05) is 10.4 Å². The fraction of sp³-hybridized carbons (Fsp3) is 0.154. The molecule has 0 saturated heterocycles. The third-order valence-electron chi connectivity index (χ3n) is 3.08. The Bertz CT molecular complexity index is 782. The van der Waals surface area contributed by atoms with Crippen LogP contribution in [0, 0.1) is 0 Å². The van der Waals surface area contributed by atoms with Gasteiger partial charge >= 0.3 is 0 Å². The summed E-state index contributed by atoms with van der Waals surface area (Å²) in [6, 6.07) is 10.5. The number of carbonyl (C=O) groups excluding carboxylic acids is 1. The number of benzene rings is 1. The molecular formula is C13H10BrNO3S2. The van der Waals surface area contributed by atoms with E-state index in [2.05, 4.69) is 15.9 Å². The van der Waals surface area contributed by atoms with E-state index < -0.39 is 15.9 Å². The molecule has 0 spiro atoms. The highest BCUT2D eigenvalue weighted by atomic mass is 79.9. The van der Waals surface area contributed by atoms with E-state index in [0.29, 0.717) is 11.1 Å². The molecule has 4 nitrogen and oxygen atoms in total. The predicted molar refractivity (Wildman–Crippen MR) is 81.0 cm³/mol. The van der Waals surface area contributed by atoms with Crippen LogP contribution in [-0.4, -0.2) is 18.6 Å². The van der Waals surface area contributed by atoms with E-state index in [1.807, 2.05) is 12.1 Å². The van der Waals surface area contributed by atoms with Gasteiger partial charge in [-0.25, -0.2) is 12.7 Å². The summed E-state index contributed by atoms with van der Waals surface area (Å²) in [5.74, 6) is -0.571. The molecule has 20 heavy (non-hydrogen) atoms. The fourth-order valence-corrected chi connectivity index (χ4v) is 5.18. The number of sulfonamides is 1. The maximum Gasteiger partial charge on any atom is 0.268 e. The smallest absolute Gasteiger partial charge is 0.268 e. The standard InChI is InChI=1S/C13H10BrNO3S2/c14-12-6-5-10(19-12)7-15-13(16)11-4-2-1-3-9(11)8-20(15,17)18/h1-6H,7-8H2. The molecule has 1 amide bonds. The molecule has 104 valence electrons. The highest BCUT2D eigenvalue weighted by Crippen LogP contribution is 2.29. The van der Waals surface area contributed by atoms with Gasteiger partial charge in [0.15, 0.2) is 0 Å². The first-order valence-corrected chi connectivity index (χ1v) is 9.06. The third-order valence-corrected chi connectivity index (χ3v) is 6.33. The van der Waals surface area contributed by atoms with Crippen LogP contribution in [0.2, 0.25) is 0 Å². The highest BCUT2D eigenvalue weighted by Gasteiger charge is 2.35. The quantitative estimate of drug-likeness (QED) is 0.815. The molecule has 0 radical (unpaired) electrons. The van der Waals surface area contributed by atoms with Gasteiger partial charge in [-0.05, 0) is 39.7 Å². The van der Waals surface area contributed by atoms with Gasteiger partial charge in [-0.3, -0.25) is 4.79 Å². The van der Waals surface area contributed by atoms with E-state index in [-0.39, 0.29) is 12.3 Å². The molecule has 1 aliphatic rings. The Labute approximate surface area is 129 Å². The van der Waals surface area contributed by atoms with Crippen molar-refractivity contribution in [2.45, 2.75) is 12.3 Å². The van der Waals surface area contributed by atoms with Crippen molar-refractivity contribution >= 4 is 43.2 Å². The SMILES string of the molecule is O=C1c2ccccc2CS(=O)(=O)N1Cc1ccc(Br)s1. The van der Waals surface area contributed by atoms with Gasteiger partial charge in [-0.15, -0.1) is 11.3 Å². The Morgan fingerprint density at radius 3 is 2.65 bits per heavy atom. The van der Waals surface area contributed by atoms with Crippen LogP contribution in [0.15, 0.2) is 40.2 Å². The Hall–Kier alpha value is -1.18. The Morgan fingerprint density at radius 1 is 1.20 bits per heavy atom. The highest BCUT2D eigenvalue weighted by molar-refractivity contribution is 9.11. The zero-order valence-electron chi connectivity index (χ0n) is 10.2. The molecule has 0 unspecified atom stereocenters. The van der Waals surface area contributed by atoms with Crippen LogP contribution in [0.4, 0.5) is 0 Å². The molecule has 2 aromatic rings. The summed E-state index contributed by atoms with van der Waals surface area (Å²) in [5, 5.41) is 0. The van der Waals surface area contributed by atoms with Gasteiger partial charge in [0.1, 0.15) is 0 Å². The van der Waals surface area contributed by atoms with Gasteiger partial charge in [0.25, 0.3) is 5.91 Å². The van der Waals surface area contributed by atoms with Crippen LogP contribution in [-0.2, 0) is 22.3 Å². The molecule has 0 fully saturated rings. The van der Waals surface area contributed by atoms with Crippen molar-refractivity contribution in [2.24, 2.45) is 0 Å². The van der Waals surface area contributed by atoms with Crippen molar-refractivity contribution in [1.82, 2.24) is 4.31 Å². The Morgan fingerprint density at radius 2 is 1.95 bits per heavy atom. The molecule has 0 atom stereocenters. The summed E-state index contributed by atoms with van der Waals surface area (Å²) < 4.78 is 26.4. The number of rotatable bonds is 2. The van der Waals surface area contributed by atoms with Crippen molar-refractivity contribution in [3.05, 3.63) is 56.2 Å². The number of nitrogens with zero attached hydrogens (tertiary/aromatic N) is 1. The summed E-state index contributed by atoms with van der Waals surface area (Å²) in [6.07, 6.45) is 0. The van der Waals surface area contributed by atoms with Crippen molar-refractivity contribution in [2.75, 3.05) is 0 Å². The number of fused-ring (bicyclic) bond motifs is 1. The summed E-state index contributed by atoms with van der Waals surface area (Å²) in [7, 11) is -3.60. The van der Waals surface area contributed by atoms with E-state index in [9.17, 15) is 13.2 Å².